The van der Waals surface area contributed by atoms with Crippen LogP contribution < -0.4 is 10.0 Å². The van der Waals surface area contributed by atoms with Crippen molar-refractivity contribution < 1.29 is 13.2 Å². The van der Waals surface area contributed by atoms with E-state index < -0.39 is 15.9 Å². The molecule has 0 atom stereocenters. The first-order valence-corrected chi connectivity index (χ1v) is 9.04. The van der Waals surface area contributed by atoms with Crippen LogP contribution in [-0.2, 0) is 10.0 Å². The summed E-state index contributed by atoms with van der Waals surface area (Å²) in [6.45, 7) is 3.78. The maximum atomic E-state index is 12.3. The third-order valence-corrected chi connectivity index (χ3v) is 4.97. The molecule has 8 heteroatoms. The Labute approximate surface area is 150 Å². The standard InChI is InChI=1S/C16H14Cl2N2O3S/c1-2-9-19-16(21)14-10-12(5-8-15(14)18)20-24(22,23)13-6-3-11(17)4-7-13/h2-8,10,20H,1,9H2,(H,19,21). The van der Waals surface area contributed by atoms with E-state index >= 15 is 0 Å². The highest BCUT2D eigenvalue weighted by atomic mass is 35.5. The van der Waals surface area contributed by atoms with Crippen LogP contribution in [0.2, 0.25) is 10.0 Å². The Kier molecular flexibility index (Phi) is 5.88. The molecule has 0 aliphatic carbocycles. The smallest absolute Gasteiger partial charge is 0.261 e. The highest BCUT2D eigenvalue weighted by Crippen LogP contribution is 2.23. The van der Waals surface area contributed by atoms with Gasteiger partial charge < -0.3 is 5.32 Å². The molecule has 0 spiro atoms. The molecular weight excluding hydrogens is 371 g/mol. The van der Waals surface area contributed by atoms with Gasteiger partial charge in [0.2, 0.25) is 0 Å². The molecule has 2 N–H and O–H groups in total. The van der Waals surface area contributed by atoms with Gasteiger partial charge in [-0.3, -0.25) is 9.52 Å². The fourth-order valence-corrected chi connectivity index (χ4v) is 3.23. The van der Waals surface area contributed by atoms with E-state index in [9.17, 15) is 13.2 Å². The van der Waals surface area contributed by atoms with Crippen LogP contribution in [0.1, 0.15) is 10.4 Å². The normalized spacial score (nSPS) is 10.9. The summed E-state index contributed by atoms with van der Waals surface area (Å²) in [4.78, 5) is 12.1. The monoisotopic (exact) mass is 384 g/mol. The van der Waals surface area contributed by atoms with Gasteiger partial charge in [-0.25, -0.2) is 8.42 Å². The lowest BCUT2D eigenvalue weighted by molar-refractivity contribution is 0.0958. The Morgan fingerprint density at radius 1 is 1.12 bits per heavy atom. The summed E-state index contributed by atoms with van der Waals surface area (Å²) in [5.74, 6) is -0.424. The molecule has 0 unspecified atom stereocenters. The van der Waals surface area contributed by atoms with Crippen LogP contribution in [0.4, 0.5) is 5.69 Å². The van der Waals surface area contributed by atoms with Crippen LogP contribution in [0.25, 0.3) is 0 Å². The topological polar surface area (TPSA) is 75.3 Å². The Morgan fingerprint density at radius 2 is 1.79 bits per heavy atom. The maximum absolute atomic E-state index is 12.3. The highest BCUT2D eigenvalue weighted by molar-refractivity contribution is 7.92. The lowest BCUT2D eigenvalue weighted by Crippen LogP contribution is -2.23. The fourth-order valence-electron chi connectivity index (χ4n) is 1.85. The van der Waals surface area contributed by atoms with Crippen molar-refractivity contribution in [1.82, 2.24) is 5.32 Å². The average molecular weight is 385 g/mol. The van der Waals surface area contributed by atoms with Crippen LogP contribution in [0.5, 0.6) is 0 Å². The first-order valence-electron chi connectivity index (χ1n) is 6.80. The van der Waals surface area contributed by atoms with Crippen molar-refractivity contribution >= 4 is 44.8 Å². The lowest BCUT2D eigenvalue weighted by atomic mass is 10.2. The summed E-state index contributed by atoms with van der Waals surface area (Å²) in [6.07, 6.45) is 1.53. The largest absolute Gasteiger partial charge is 0.349 e. The van der Waals surface area contributed by atoms with Gasteiger partial charge in [0.1, 0.15) is 0 Å². The van der Waals surface area contributed by atoms with E-state index in [-0.39, 0.29) is 27.7 Å². The maximum Gasteiger partial charge on any atom is 0.261 e. The molecule has 5 nitrogen and oxygen atoms in total. The lowest BCUT2D eigenvalue weighted by Gasteiger charge is -2.11. The highest BCUT2D eigenvalue weighted by Gasteiger charge is 2.16. The van der Waals surface area contributed by atoms with E-state index in [0.717, 1.165) is 0 Å². The number of rotatable bonds is 6. The van der Waals surface area contributed by atoms with Crippen molar-refractivity contribution in [3.8, 4) is 0 Å². The number of hydrogen-bond acceptors (Lipinski definition) is 3. The molecule has 0 aliphatic heterocycles. The summed E-state index contributed by atoms with van der Waals surface area (Å²) < 4.78 is 27.1. The zero-order valence-electron chi connectivity index (χ0n) is 12.4. The molecule has 126 valence electrons. The van der Waals surface area contributed by atoms with Gasteiger partial charge in [-0.15, -0.1) is 6.58 Å². The van der Waals surface area contributed by atoms with Gasteiger partial charge in [0.25, 0.3) is 15.9 Å². The molecule has 0 bridgehead atoms. The van der Waals surface area contributed by atoms with Crippen LogP contribution in [0, 0.1) is 0 Å². The van der Waals surface area contributed by atoms with Crippen LogP contribution in [-0.4, -0.2) is 20.9 Å². The minimum Gasteiger partial charge on any atom is -0.349 e. The third-order valence-electron chi connectivity index (χ3n) is 2.99. The van der Waals surface area contributed by atoms with E-state index in [1.807, 2.05) is 0 Å². The van der Waals surface area contributed by atoms with Crippen LogP contribution >= 0.6 is 23.2 Å². The van der Waals surface area contributed by atoms with E-state index in [4.69, 9.17) is 23.2 Å². The second-order valence-electron chi connectivity index (χ2n) is 4.75. The Morgan fingerprint density at radius 3 is 2.42 bits per heavy atom. The van der Waals surface area contributed by atoms with Crippen molar-refractivity contribution in [3.05, 3.63) is 70.7 Å². The summed E-state index contributed by atoms with van der Waals surface area (Å²) in [6, 6.07) is 10.0. The number of hydrogen-bond donors (Lipinski definition) is 2. The summed E-state index contributed by atoms with van der Waals surface area (Å²) in [5, 5.41) is 3.23. The molecule has 1 amide bonds. The van der Waals surface area contributed by atoms with Gasteiger partial charge in [0, 0.05) is 17.3 Å². The third kappa shape index (κ3) is 4.50. The minimum atomic E-state index is -3.80. The molecule has 0 aliphatic rings. The summed E-state index contributed by atoms with van der Waals surface area (Å²) in [7, 11) is -3.80. The van der Waals surface area contributed by atoms with Gasteiger partial charge in [0.05, 0.1) is 15.5 Å². The number of carbonyl (C=O) groups excluding carboxylic acids is 1. The Hall–Kier alpha value is -2.02. The fraction of sp³-hybridized carbons (Fsp3) is 0.0625. The molecule has 24 heavy (non-hydrogen) atoms. The van der Waals surface area contributed by atoms with Gasteiger partial charge >= 0.3 is 0 Å². The van der Waals surface area contributed by atoms with E-state index in [2.05, 4.69) is 16.6 Å². The first-order chi connectivity index (χ1) is 11.3. The molecule has 0 heterocycles. The molecule has 0 fully saturated rings. The molecule has 0 aromatic heterocycles. The van der Waals surface area contributed by atoms with Crippen LogP contribution in [0.3, 0.4) is 0 Å². The van der Waals surface area contributed by atoms with Crippen molar-refractivity contribution in [1.29, 1.82) is 0 Å². The molecule has 2 aromatic rings. The Bertz CT molecular complexity index is 865. The van der Waals surface area contributed by atoms with E-state index in [1.54, 1.807) is 0 Å². The quantitative estimate of drug-likeness (QED) is 0.745. The van der Waals surface area contributed by atoms with Gasteiger partial charge in [0.15, 0.2) is 0 Å². The Balaban J connectivity index is 2.28. The van der Waals surface area contributed by atoms with Crippen LogP contribution in [0.15, 0.2) is 60.0 Å². The number of sulfonamides is 1. The number of anilines is 1. The second-order valence-corrected chi connectivity index (χ2v) is 7.28. The van der Waals surface area contributed by atoms with Gasteiger partial charge in [-0.1, -0.05) is 29.3 Å². The predicted octanol–water partition coefficient (Wildman–Crippen LogP) is 3.71. The molecule has 0 saturated carbocycles. The zero-order chi connectivity index (χ0) is 17.7. The van der Waals surface area contributed by atoms with Crippen molar-refractivity contribution in [2.45, 2.75) is 4.90 Å². The van der Waals surface area contributed by atoms with E-state index in [0.29, 0.717) is 5.02 Å². The number of nitrogens with one attached hydrogen (secondary N) is 2. The number of carbonyl (C=O) groups is 1. The summed E-state index contributed by atoms with van der Waals surface area (Å²) in [5.41, 5.74) is 0.382. The number of benzene rings is 2. The molecule has 2 aromatic carbocycles. The zero-order valence-corrected chi connectivity index (χ0v) is 14.8. The molecule has 0 radical (unpaired) electrons. The van der Waals surface area contributed by atoms with Crippen molar-refractivity contribution in [3.63, 3.8) is 0 Å². The average Bonchev–Trinajstić information content (AvgIpc) is 2.54. The molecule has 0 saturated heterocycles. The van der Waals surface area contributed by atoms with Crippen molar-refractivity contribution in [2.24, 2.45) is 0 Å². The van der Waals surface area contributed by atoms with Gasteiger partial charge in [-0.2, -0.15) is 0 Å². The summed E-state index contributed by atoms with van der Waals surface area (Å²) >= 11 is 11.8. The minimum absolute atomic E-state index is 0.0551. The SMILES string of the molecule is C=CCNC(=O)c1cc(NS(=O)(=O)c2ccc(Cl)cc2)ccc1Cl. The van der Waals surface area contributed by atoms with Crippen molar-refractivity contribution in [2.75, 3.05) is 11.3 Å². The molecule has 2 rings (SSSR count). The first kappa shape index (κ1) is 18.3. The van der Waals surface area contributed by atoms with Gasteiger partial charge in [-0.05, 0) is 42.5 Å². The number of amides is 1. The number of halogens is 2. The molecular formula is C16H14Cl2N2O3S. The predicted molar refractivity (Wildman–Crippen MR) is 96.2 cm³/mol. The van der Waals surface area contributed by atoms with E-state index in [1.165, 1.54) is 48.5 Å². The second kappa shape index (κ2) is 7.70.